The number of hydrogen-bond acceptors (Lipinski definition) is 6. The van der Waals surface area contributed by atoms with Crippen LogP contribution < -0.4 is 10.6 Å². The molecule has 1 aliphatic carbocycles. The number of hydrogen-bond donors (Lipinski definition) is 4. The number of carbonyl (C=O) groups is 2. The zero-order valence-corrected chi connectivity index (χ0v) is 25.2. The maximum atomic E-state index is 14.2. The minimum atomic E-state index is -0.516. The van der Waals surface area contributed by atoms with Gasteiger partial charge in [0.05, 0.1) is 33.6 Å². The Balaban J connectivity index is 1.77. The van der Waals surface area contributed by atoms with Crippen molar-refractivity contribution in [3.8, 4) is 11.5 Å². The molecule has 5 rings (SSSR count). The van der Waals surface area contributed by atoms with Gasteiger partial charge in [-0.1, -0.05) is 63.1 Å². The van der Waals surface area contributed by atoms with Crippen LogP contribution >= 0.6 is 0 Å². The fourth-order valence-electron chi connectivity index (χ4n) is 6.16. The van der Waals surface area contributed by atoms with E-state index in [4.69, 9.17) is 0 Å². The van der Waals surface area contributed by atoms with Crippen molar-refractivity contribution in [2.24, 2.45) is 0 Å². The summed E-state index contributed by atoms with van der Waals surface area (Å²) in [4.78, 5) is 28.4. The minimum Gasteiger partial charge on any atom is -0.507 e. The van der Waals surface area contributed by atoms with E-state index in [0.29, 0.717) is 11.4 Å². The number of fused-ring (bicyclic) bond motifs is 2. The van der Waals surface area contributed by atoms with Gasteiger partial charge in [0.15, 0.2) is 0 Å². The summed E-state index contributed by atoms with van der Waals surface area (Å²) in [6.45, 7) is 12.5. The summed E-state index contributed by atoms with van der Waals surface area (Å²) >= 11 is 0. The molecule has 0 spiro atoms. The van der Waals surface area contributed by atoms with Gasteiger partial charge in [-0.25, -0.2) is 0 Å². The Kier molecular flexibility index (Phi) is 7.83. The molecule has 0 fully saturated rings. The summed E-state index contributed by atoms with van der Waals surface area (Å²) in [7, 11) is 0. The number of aromatic hydroxyl groups is 2. The van der Waals surface area contributed by atoms with Gasteiger partial charge >= 0.3 is 0 Å². The molecule has 1 aliphatic rings. The van der Waals surface area contributed by atoms with Crippen LogP contribution in [0.1, 0.15) is 92.9 Å². The van der Waals surface area contributed by atoms with Crippen LogP contribution in [-0.2, 0) is 25.7 Å². The van der Waals surface area contributed by atoms with E-state index in [-0.39, 0.29) is 33.8 Å². The lowest BCUT2D eigenvalue weighted by atomic mass is 9.81. The molecule has 216 valence electrons. The molecule has 0 bridgehead atoms. The third-order valence-corrected chi connectivity index (χ3v) is 8.21. The van der Waals surface area contributed by atoms with Gasteiger partial charge in [0.1, 0.15) is 11.5 Å². The van der Waals surface area contributed by atoms with Gasteiger partial charge in [-0.2, -0.15) is 0 Å². The lowest BCUT2D eigenvalue weighted by Gasteiger charge is -2.27. The Morgan fingerprint density at radius 1 is 0.524 bits per heavy atom. The van der Waals surface area contributed by atoms with E-state index in [1.54, 1.807) is 0 Å². The highest BCUT2D eigenvalue weighted by atomic mass is 16.3. The van der Waals surface area contributed by atoms with Crippen molar-refractivity contribution in [1.29, 1.82) is 0 Å². The van der Waals surface area contributed by atoms with Crippen LogP contribution in [0.25, 0.3) is 0 Å². The number of phenols is 2. The number of aryl methyl sites for hydroxylation is 6. The van der Waals surface area contributed by atoms with Crippen LogP contribution in [-0.4, -0.2) is 21.8 Å². The predicted molar refractivity (Wildman–Crippen MR) is 170 cm³/mol. The van der Waals surface area contributed by atoms with E-state index in [0.717, 1.165) is 70.4 Å². The molecule has 4 aromatic rings. The summed E-state index contributed by atoms with van der Waals surface area (Å²) in [6.07, 6.45) is 3.15. The second-order valence-electron chi connectivity index (χ2n) is 11.0. The summed E-state index contributed by atoms with van der Waals surface area (Å²) in [5.74, 6) is -1.71. The molecule has 4 aromatic carbocycles. The topological polar surface area (TPSA) is 98.7 Å². The zero-order chi connectivity index (χ0) is 30.3. The smallest absolute Gasteiger partial charge is 0.200 e. The van der Waals surface area contributed by atoms with Crippen LogP contribution in [0.4, 0.5) is 22.7 Å². The molecular weight excluding hydrogens is 524 g/mol. The highest BCUT2D eigenvalue weighted by Gasteiger charge is 2.38. The van der Waals surface area contributed by atoms with E-state index in [9.17, 15) is 19.8 Å². The normalized spacial score (nSPS) is 12.2. The Morgan fingerprint density at radius 3 is 1.12 bits per heavy atom. The molecular formula is C36H38N2O4. The van der Waals surface area contributed by atoms with Gasteiger partial charge in [-0.05, 0) is 86.1 Å². The van der Waals surface area contributed by atoms with Crippen molar-refractivity contribution >= 4 is 34.3 Å². The van der Waals surface area contributed by atoms with E-state index < -0.39 is 11.6 Å². The molecule has 0 aliphatic heterocycles. The maximum absolute atomic E-state index is 14.2. The van der Waals surface area contributed by atoms with Gasteiger partial charge in [0, 0.05) is 11.4 Å². The summed E-state index contributed by atoms with van der Waals surface area (Å²) in [5, 5.41) is 28.5. The summed E-state index contributed by atoms with van der Waals surface area (Å²) in [6, 6.07) is 14.7. The fraction of sp³-hybridized carbons (Fsp3) is 0.278. The number of nitrogens with one attached hydrogen (secondary N) is 2. The zero-order valence-electron chi connectivity index (χ0n) is 25.2. The van der Waals surface area contributed by atoms with Crippen LogP contribution in [0, 0.1) is 13.8 Å². The number of phenolic OH excluding ortho intramolecular Hbond substituents is 2. The average Bonchev–Trinajstić information content (AvgIpc) is 2.98. The lowest BCUT2D eigenvalue weighted by Crippen LogP contribution is -2.24. The fourth-order valence-corrected chi connectivity index (χ4v) is 6.16. The molecule has 6 nitrogen and oxygen atoms in total. The van der Waals surface area contributed by atoms with Gasteiger partial charge in [-0.3, -0.25) is 9.59 Å². The van der Waals surface area contributed by atoms with Gasteiger partial charge in [-0.15, -0.1) is 0 Å². The van der Waals surface area contributed by atoms with Gasteiger partial charge in [0.25, 0.3) is 0 Å². The second-order valence-corrected chi connectivity index (χ2v) is 11.0. The molecule has 6 heteroatoms. The number of ketones is 2. The molecule has 0 saturated carbocycles. The lowest BCUT2D eigenvalue weighted by molar-refractivity contribution is 0.0975. The van der Waals surface area contributed by atoms with Crippen molar-refractivity contribution < 1.29 is 19.8 Å². The molecule has 0 aromatic heterocycles. The van der Waals surface area contributed by atoms with E-state index in [2.05, 4.69) is 76.4 Å². The number of benzene rings is 4. The number of anilines is 4. The monoisotopic (exact) mass is 562 g/mol. The molecule has 0 saturated heterocycles. The van der Waals surface area contributed by atoms with Crippen LogP contribution in [0.15, 0.2) is 48.5 Å². The Labute approximate surface area is 247 Å². The van der Waals surface area contributed by atoms with Crippen molar-refractivity contribution in [2.45, 2.75) is 67.2 Å². The molecule has 0 atom stereocenters. The van der Waals surface area contributed by atoms with Crippen molar-refractivity contribution in [3.05, 3.63) is 104 Å². The molecule has 0 radical (unpaired) electrons. The molecule has 0 heterocycles. The number of rotatable bonds is 8. The van der Waals surface area contributed by atoms with Crippen LogP contribution in [0.2, 0.25) is 0 Å². The first kappa shape index (κ1) is 28.9. The van der Waals surface area contributed by atoms with E-state index in [1.165, 1.54) is 12.1 Å². The SMILES string of the molecule is CCc1cc(C)cc(CC)c1Nc1ccc(Nc2c(CC)cc(C)cc2CC)c2c1C(=O)c1c(O)ccc(O)c1C2=O. The molecule has 0 amide bonds. The minimum absolute atomic E-state index is 0.172. The second kappa shape index (κ2) is 11.4. The largest absolute Gasteiger partial charge is 0.507 e. The first-order valence-electron chi connectivity index (χ1n) is 14.7. The Morgan fingerprint density at radius 2 is 0.833 bits per heavy atom. The molecule has 0 unspecified atom stereocenters. The van der Waals surface area contributed by atoms with Crippen molar-refractivity contribution in [1.82, 2.24) is 0 Å². The highest BCUT2D eigenvalue weighted by Crippen LogP contribution is 2.44. The highest BCUT2D eigenvalue weighted by molar-refractivity contribution is 6.33. The first-order valence-corrected chi connectivity index (χ1v) is 14.7. The summed E-state index contributed by atoms with van der Waals surface area (Å²) in [5.41, 5.74) is 9.53. The van der Waals surface area contributed by atoms with Gasteiger partial charge < -0.3 is 20.8 Å². The van der Waals surface area contributed by atoms with E-state index >= 15 is 0 Å². The standard InChI is InChI=1S/C36H38N2O4/c1-7-21-15-19(5)16-22(8-2)33(21)37-25-11-12-26(38-34-23(9-3)17-20(6)18-24(34)10-4)30-29(25)35(41)31-27(39)13-14-28(40)32(31)36(30)42/h11-18,37-40H,7-10H2,1-6H3. The third kappa shape index (κ3) is 4.81. The van der Waals surface area contributed by atoms with Gasteiger partial charge in [0.2, 0.25) is 11.6 Å². The first-order chi connectivity index (χ1) is 20.1. The Hall–Kier alpha value is -4.58. The van der Waals surface area contributed by atoms with E-state index in [1.807, 2.05) is 12.1 Å². The number of carbonyl (C=O) groups excluding carboxylic acids is 2. The quantitative estimate of drug-likeness (QED) is 0.142. The molecule has 42 heavy (non-hydrogen) atoms. The Bertz CT molecular complexity index is 1570. The predicted octanol–water partition coefficient (Wildman–Crippen LogP) is 8.23. The molecule has 4 N–H and O–H groups in total. The van der Waals surface area contributed by atoms with Crippen LogP contribution in [0.5, 0.6) is 11.5 Å². The maximum Gasteiger partial charge on any atom is 0.200 e. The average molecular weight is 563 g/mol. The summed E-state index contributed by atoms with van der Waals surface area (Å²) < 4.78 is 0. The third-order valence-electron chi connectivity index (χ3n) is 8.21. The van der Waals surface area contributed by atoms with Crippen molar-refractivity contribution in [2.75, 3.05) is 10.6 Å². The van der Waals surface area contributed by atoms with Crippen molar-refractivity contribution in [3.63, 3.8) is 0 Å². The van der Waals surface area contributed by atoms with Crippen LogP contribution in [0.3, 0.4) is 0 Å².